The molecule has 1 amide bonds. The quantitative estimate of drug-likeness (QED) is 0.290. The summed E-state index contributed by atoms with van der Waals surface area (Å²) < 4.78 is 51.0. The van der Waals surface area contributed by atoms with Crippen molar-refractivity contribution in [2.75, 3.05) is 5.32 Å². The van der Waals surface area contributed by atoms with E-state index in [9.17, 15) is 22.7 Å². The molecule has 0 spiro atoms. The molecule has 0 saturated carbocycles. The van der Waals surface area contributed by atoms with Gasteiger partial charge in [-0.1, -0.05) is 53.2 Å². The number of piperidine rings is 1. The zero-order chi connectivity index (χ0) is 30.8. The maximum Gasteiger partial charge on any atom is 0.273 e. The van der Waals surface area contributed by atoms with E-state index in [1.54, 1.807) is 24.3 Å². The predicted octanol–water partition coefficient (Wildman–Crippen LogP) is 4.68. The standard InChI is InChI=1S/C30H24ClFN6O5S/c31-26-27(29(39)35-18-11-19(16-33)34-25(32)12-18)37-10-4-7-22(37)28(26)44(41,42)38-20-8-9-21(38)15-30(40,14-20)24-13-23(43-36-24)17-5-2-1-3-6-17/h1-7,11-13,20-21,40H,8-10,14-15H2,(H,34,35,39). The molecule has 1 aromatic carbocycles. The van der Waals surface area contributed by atoms with Crippen LogP contribution < -0.4 is 5.32 Å². The molecule has 7 rings (SSSR count). The van der Waals surface area contributed by atoms with Crippen molar-refractivity contribution in [1.29, 1.82) is 5.26 Å². The summed E-state index contributed by atoms with van der Waals surface area (Å²) in [6.07, 6.45) is 4.57. The first-order valence-corrected chi connectivity index (χ1v) is 15.7. The number of carbonyl (C=O) groups is 1. The van der Waals surface area contributed by atoms with E-state index in [0.29, 0.717) is 24.3 Å². The molecule has 4 aromatic rings. The minimum atomic E-state index is -4.25. The van der Waals surface area contributed by atoms with Gasteiger partial charge < -0.3 is 19.5 Å². The van der Waals surface area contributed by atoms with E-state index in [4.69, 9.17) is 21.4 Å². The van der Waals surface area contributed by atoms with E-state index in [-0.39, 0.29) is 52.1 Å². The molecule has 2 unspecified atom stereocenters. The van der Waals surface area contributed by atoms with Gasteiger partial charge in [0.15, 0.2) is 5.76 Å². The molecular formula is C30H24ClFN6O5S. The summed E-state index contributed by atoms with van der Waals surface area (Å²) in [4.78, 5) is 16.6. The third kappa shape index (κ3) is 4.53. The molecule has 2 atom stereocenters. The molecule has 3 aliphatic heterocycles. The van der Waals surface area contributed by atoms with Gasteiger partial charge in [0, 0.05) is 42.0 Å². The average Bonchev–Trinajstić information content (AvgIpc) is 3.76. The fourth-order valence-electron chi connectivity index (χ4n) is 6.62. The number of anilines is 1. The zero-order valence-electron chi connectivity index (χ0n) is 22.9. The molecule has 2 N–H and O–H groups in total. The molecule has 2 saturated heterocycles. The van der Waals surface area contributed by atoms with Crippen molar-refractivity contribution in [3.63, 3.8) is 0 Å². The molecule has 2 bridgehead atoms. The smallest absolute Gasteiger partial charge is 0.273 e. The third-order valence-electron chi connectivity index (χ3n) is 8.43. The third-order valence-corrected chi connectivity index (χ3v) is 11.0. The Morgan fingerprint density at radius 2 is 1.91 bits per heavy atom. The van der Waals surface area contributed by atoms with Crippen molar-refractivity contribution in [3.8, 4) is 17.4 Å². The molecule has 6 heterocycles. The average molecular weight is 635 g/mol. The van der Waals surface area contributed by atoms with Gasteiger partial charge in [0.05, 0.1) is 10.7 Å². The Bertz CT molecular complexity index is 1990. The molecule has 3 aliphatic rings. The van der Waals surface area contributed by atoms with E-state index >= 15 is 0 Å². The number of hydrogen-bond acceptors (Lipinski definition) is 8. The minimum Gasteiger partial charge on any atom is -0.383 e. The van der Waals surface area contributed by atoms with Crippen molar-refractivity contribution >= 4 is 39.3 Å². The van der Waals surface area contributed by atoms with E-state index in [1.165, 1.54) is 14.9 Å². The van der Waals surface area contributed by atoms with Crippen LogP contribution in [0.2, 0.25) is 5.02 Å². The highest BCUT2D eigenvalue weighted by atomic mass is 35.5. The van der Waals surface area contributed by atoms with Crippen LogP contribution in [0.5, 0.6) is 0 Å². The van der Waals surface area contributed by atoms with Crippen LogP contribution >= 0.6 is 11.6 Å². The molecular weight excluding hydrogens is 611 g/mol. The Balaban J connectivity index is 1.19. The van der Waals surface area contributed by atoms with Crippen molar-refractivity contribution < 1.29 is 27.2 Å². The number of nitriles is 1. The lowest BCUT2D eigenvalue weighted by Gasteiger charge is -2.41. The van der Waals surface area contributed by atoms with Crippen LogP contribution in [0.3, 0.4) is 0 Å². The van der Waals surface area contributed by atoms with E-state index in [0.717, 1.165) is 11.6 Å². The van der Waals surface area contributed by atoms with Gasteiger partial charge in [-0.2, -0.15) is 14.0 Å². The zero-order valence-corrected chi connectivity index (χ0v) is 24.5. The first kappa shape index (κ1) is 28.4. The second-order valence-electron chi connectivity index (χ2n) is 11.1. The number of pyridine rings is 1. The predicted molar refractivity (Wildman–Crippen MR) is 156 cm³/mol. The second-order valence-corrected chi connectivity index (χ2v) is 13.3. The Hall–Kier alpha value is -4.35. The monoisotopic (exact) mass is 634 g/mol. The summed E-state index contributed by atoms with van der Waals surface area (Å²) in [6, 6.07) is 13.8. The Kier molecular flexibility index (Phi) is 6.71. The van der Waals surface area contributed by atoms with Gasteiger partial charge >= 0.3 is 0 Å². The van der Waals surface area contributed by atoms with Crippen LogP contribution in [0.15, 0.2) is 64.0 Å². The van der Waals surface area contributed by atoms with E-state index < -0.39 is 39.6 Å². The van der Waals surface area contributed by atoms with Crippen molar-refractivity contribution in [3.05, 3.63) is 88.4 Å². The van der Waals surface area contributed by atoms with Gasteiger partial charge in [-0.25, -0.2) is 13.4 Å². The van der Waals surface area contributed by atoms with E-state index in [2.05, 4.69) is 15.5 Å². The SMILES string of the molecule is N#Cc1cc(NC(=O)c2c(Cl)c(S(=O)(=O)N3C4CCC3CC(O)(c3cc(-c5ccccc5)on3)C4)c3n2CC=C3)cc(F)n1. The number of aromatic nitrogens is 3. The van der Waals surface area contributed by atoms with Gasteiger partial charge in [-0.05, 0) is 37.8 Å². The molecule has 11 nitrogen and oxygen atoms in total. The number of fused-ring (bicyclic) bond motifs is 3. The molecule has 3 aromatic heterocycles. The number of carbonyl (C=O) groups excluding carboxylic acids is 1. The highest BCUT2D eigenvalue weighted by Crippen LogP contribution is 2.50. The van der Waals surface area contributed by atoms with Crippen molar-refractivity contribution in [2.45, 2.75) is 54.8 Å². The fraction of sp³-hybridized carbons (Fsp3) is 0.267. The molecule has 0 aliphatic carbocycles. The maximum absolute atomic E-state index is 14.3. The lowest BCUT2D eigenvalue weighted by atomic mass is 9.84. The topological polar surface area (TPSA) is 154 Å². The number of sulfonamides is 1. The van der Waals surface area contributed by atoms with Crippen molar-refractivity contribution in [1.82, 2.24) is 19.0 Å². The maximum atomic E-state index is 14.3. The number of rotatable bonds is 6. The van der Waals surface area contributed by atoms with Gasteiger partial charge in [-0.15, -0.1) is 0 Å². The van der Waals surface area contributed by atoms with Gasteiger partial charge in [0.2, 0.25) is 16.0 Å². The highest BCUT2D eigenvalue weighted by Gasteiger charge is 2.55. The summed E-state index contributed by atoms with van der Waals surface area (Å²) >= 11 is 6.70. The van der Waals surface area contributed by atoms with Crippen LogP contribution in [0.4, 0.5) is 10.1 Å². The second kappa shape index (κ2) is 10.4. The number of nitrogens with one attached hydrogen (secondary N) is 1. The number of allylic oxidation sites excluding steroid dienone is 1. The summed E-state index contributed by atoms with van der Waals surface area (Å²) in [5, 5.41) is 27.2. The lowest BCUT2D eigenvalue weighted by molar-refractivity contribution is -0.0393. The van der Waals surface area contributed by atoms with Crippen LogP contribution in [0.1, 0.15) is 53.3 Å². The summed E-state index contributed by atoms with van der Waals surface area (Å²) in [6.45, 7) is 0.198. The molecule has 224 valence electrons. The van der Waals surface area contributed by atoms with Crippen LogP contribution in [-0.2, 0) is 22.2 Å². The Morgan fingerprint density at radius 3 is 2.61 bits per heavy atom. The number of aliphatic hydroxyl groups is 1. The highest BCUT2D eigenvalue weighted by molar-refractivity contribution is 7.89. The first-order chi connectivity index (χ1) is 21.1. The van der Waals surface area contributed by atoms with Crippen LogP contribution in [0, 0.1) is 17.3 Å². The van der Waals surface area contributed by atoms with E-state index in [1.807, 2.05) is 30.3 Å². The Labute approximate surface area is 256 Å². The first-order valence-electron chi connectivity index (χ1n) is 13.8. The van der Waals surface area contributed by atoms with Crippen molar-refractivity contribution in [2.24, 2.45) is 0 Å². The van der Waals surface area contributed by atoms with Gasteiger partial charge in [-0.3, -0.25) is 4.79 Å². The fourth-order valence-corrected chi connectivity index (χ4v) is 9.31. The summed E-state index contributed by atoms with van der Waals surface area (Å²) in [7, 11) is -4.25. The number of halogens is 2. The van der Waals surface area contributed by atoms with Crippen LogP contribution in [0.25, 0.3) is 17.4 Å². The molecule has 0 radical (unpaired) electrons. The minimum absolute atomic E-state index is 0.0299. The number of amides is 1. The normalized spacial score (nSPS) is 22.6. The largest absolute Gasteiger partial charge is 0.383 e. The van der Waals surface area contributed by atoms with Crippen LogP contribution in [-0.4, -0.2) is 50.5 Å². The van der Waals surface area contributed by atoms with Gasteiger partial charge in [0.25, 0.3) is 5.91 Å². The summed E-state index contributed by atoms with van der Waals surface area (Å²) in [5.41, 5.74) is -0.365. The number of hydrogen-bond donors (Lipinski definition) is 2. The molecule has 14 heteroatoms. The number of nitrogens with zero attached hydrogens (tertiary/aromatic N) is 5. The number of benzene rings is 1. The Morgan fingerprint density at radius 1 is 1.18 bits per heavy atom. The molecule has 44 heavy (non-hydrogen) atoms. The molecule has 2 fully saturated rings. The summed E-state index contributed by atoms with van der Waals surface area (Å²) in [5.74, 6) is -1.23. The van der Waals surface area contributed by atoms with Gasteiger partial charge in [0.1, 0.15) is 33.6 Å². The lowest BCUT2D eigenvalue weighted by Crippen LogP contribution is -2.52.